The minimum atomic E-state index is -0.686. The standard InChI is InChI=1S/C32H51N3O5/c1-32(2)23-40-19-7-8-26-21-35(31(38)33-27-9-5-4-6-10-27)18-16-25(26)20-30(37)34(22-29(32)36)17-15-24-11-13-28(39-3)14-12-24/h11-14,25-27,29,36H,4-10,15-23H2,1-3H3,(H,33,38)/t25-,26-,29-/m0/s1. The number of hydrogen-bond donors (Lipinski definition) is 2. The number of fused-ring (bicyclic) bond motifs is 1. The molecule has 8 nitrogen and oxygen atoms in total. The second-order valence-electron chi connectivity index (χ2n) is 12.9. The molecule has 40 heavy (non-hydrogen) atoms. The van der Waals surface area contributed by atoms with Crippen molar-refractivity contribution < 1.29 is 24.2 Å². The molecular formula is C32H51N3O5. The monoisotopic (exact) mass is 557 g/mol. The molecule has 8 heteroatoms. The van der Waals surface area contributed by atoms with Crippen LogP contribution in [-0.2, 0) is 16.0 Å². The molecule has 1 saturated carbocycles. The zero-order valence-electron chi connectivity index (χ0n) is 24.9. The largest absolute Gasteiger partial charge is 0.497 e. The number of urea groups is 1. The fraction of sp³-hybridized carbons (Fsp3) is 0.750. The molecule has 1 aromatic carbocycles. The van der Waals surface area contributed by atoms with Crippen molar-refractivity contribution in [3.05, 3.63) is 29.8 Å². The Balaban J connectivity index is 1.43. The topological polar surface area (TPSA) is 91.3 Å². The van der Waals surface area contributed by atoms with Gasteiger partial charge in [0.1, 0.15) is 5.75 Å². The number of aliphatic hydroxyl groups excluding tert-OH is 1. The van der Waals surface area contributed by atoms with Gasteiger partial charge in [-0.2, -0.15) is 0 Å². The predicted octanol–water partition coefficient (Wildman–Crippen LogP) is 4.63. The molecule has 2 aliphatic heterocycles. The van der Waals surface area contributed by atoms with Crippen LogP contribution < -0.4 is 10.1 Å². The molecule has 2 N–H and O–H groups in total. The quantitative estimate of drug-likeness (QED) is 0.551. The first-order valence-corrected chi connectivity index (χ1v) is 15.5. The number of nitrogens with zero attached hydrogens (tertiary/aromatic N) is 2. The molecule has 1 aliphatic carbocycles. The maximum Gasteiger partial charge on any atom is 0.317 e. The SMILES string of the molecule is COc1ccc(CCN2C[C@H](O)C(C)(C)COCCC[C@H]3CN(C(=O)NC4CCCCC4)CC[C@H]3CC2=O)cc1. The molecule has 0 aromatic heterocycles. The van der Waals surface area contributed by atoms with E-state index in [0.717, 1.165) is 43.4 Å². The van der Waals surface area contributed by atoms with Crippen LogP contribution in [0.15, 0.2) is 24.3 Å². The van der Waals surface area contributed by atoms with E-state index in [1.165, 1.54) is 19.3 Å². The minimum Gasteiger partial charge on any atom is -0.497 e. The van der Waals surface area contributed by atoms with Crippen LogP contribution in [0.2, 0.25) is 0 Å². The van der Waals surface area contributed by atoms with Crippen molar-refractivity contribution >= 4 is 11.9 Å². The Morgan fingerprint density at radius 3 is 2.52 bits per heavy atom. The van der Waals surface area contributed by atoms with Gasteiger partial charge in [-0.05, 0) is 68.1 Å². The number of rotatable bonds is 5. The highest BCUT2D eigenvalue weighted by atomic mass is 16.5. The van der Waals surface area contributed by atoms with E-state index in [1.54, 1.807) is 7.11 Å². The van der Waals surface area contributed by atoms with E-state index in [0.29, 0.717) is 58.3 Å². The second-order valence-corrected chi connectivity index (χ2v) is 12.9. The minimum absolute atomic E-state index is 0.0573. The number of benzene rings is 1. The number of aliphatic hydroxyl groups is 1. The third-order valence-corrected chi connectivity index (χ3v) is 9.36. The van der Waals surface area contributed by atoms with Gasteiger partial charge in [0.25, 0.3) is 0 Å². The average molecular weight is 558 g/mol. The number of piperidine rings is 1. The maximum atomic E-state index is 13.8. The molecule has 3 fully saturated rings. The highest BCUT2D eigenvalue weighted by molar-refractivity contribution is 5.77. The van der Waals surface area contributed by atoms with Gasteiger partial charge in [-0.1, -0.05) is 45.2 Å². The van der Waals surface area contributed by atoms with Gasteiger partial charge in [0, 0.05) is 50.7 Å². The van der Waals surface area contributed by atoms with Crippen molar-refractivity contribution in [3.8, 4) is 5.75 Å². The number of carbonyl (C=O) groups excluding carboxylic acids is 2. The third kappa shape index (κ3) is 8.59. The molecule has 0 bridgehead atoms. The van der Waals surface area contributed by atoms with Crippen molar-refractivity contribution in [1.29, 1.82) is 0 Å². The summed E-state index contributed by atoms with van der Waals surface area (Å²) in [5.41, 5.74) is 0.664. The maximum absolute atomic E-state index is 13.8. The fourth-order valence-electron chi connectivity index (χ4n) is 6.44. The summed E-state index contributed by atoms with van der Waals surface area (Å²) < 4.78 is 11.3. The summed E-state index contributed by atoms with van der Waals surface area (Å²) in [6.07, 6.45) is 8.93. The van der Waals surface area contributed by atoms with Crippen molar-refractivity contribution in [2.24, 2.45) is 17.3 Å². The lowest BCUT2D eigenvalue weighted by atomic mass is 9.80. The van der Waals surface area contributed by atoms with E-state index in [9.17, 15) is 14.7 Å². The van der Waals surface area contributed by atoms with Crippen LogP contribution in [0.4, 0.5) is 4.79 Å². The molecule has 0 spiro atoms. The molecule has 4 rings (SSSR count). The molecule has 3 aliphatic rings. The van der Waals surface area contributed by atoms with E-state index in [1.807, 2.05) is 47.9 Å². The van der Waals surface area contributed by atoms with Gasteiger partial charge in [0.05, 0.1) is 19.8 Å². The molecule has 1 aromatic rings. The van der Waals surface area contributed by atoms with E-state index in [4.69, 9.17) is 9.47 Å². The summed E-state index contributed by atoms with van der Waals surface area (Å²) in [4.78, 5) is 30.8. The van der Waals surface area contributed by atoms with E-state index in [2.05, 4.69) is 5.32 Å². The lowest BCUT2D eigenvalue weighted by Crippen LogP contribution is -2.51. The Morgan fingerprint density at radius 1 is 1.05 bits per heavy atom. The Labute approximate surface area is 240 Å². The van der Waals surface area contributed by atoms with E-state index < -0.39 is 11.5 Å². The van der Waals surface area contributed by atoms with Gasteiger partial charge >= 0.3 is 6.03 Å². The van der Waals surface area contributed by atoms with Crippen LogP contribution in [0.3, 0.4) is 0 Å². The summed E-state index contributed by atoms with van der Waals surface area (Å²) in [7, 11) is 1.65. The highest BCUT2D eigenvalue weighted by Gasteiger charge is 2.36. The number of nitrogens with one attached hydrogen (secondary N) is 1. The summed E-state index contributed by atoms with van der Waals surface area (Å²) in [6, 6.07) is 8.29. The number of methoxy groups -OCH3 is 1. The van der Waals surface area contributed by atoms with Crippen molar-refractivity contribution in [2.45, 2.75) is 90.2 Å². The summed E-state index contributed by atoms with van der Waals surface area (Å²) in [5.74, 6) is 1.39. The van der Waals surface area contributed by atoms with Crippen LogP contribution in [0.5, 0.6) is 5.75 Å². The lowest BCUT2D eigenvalue weighted by Gasteiger charge is -2.40. The number of amides is 3. The van der Waals surface area contributed by atoms with Gasteiger partial charge in [0.2, 0.25) is 5.91 Å². The zero-order valence-corrected chi connectivity index (χ0v) is 24.9. The van der Waals surface area contributed by atoms with Crippen LogP contribution >= 0.6 is 0 Å². The number of carbonyl (C=O) groups is 2. The number of likely N-dealkylation sites (tertiary alicyclic amines) is 1. The van der Waals surface area contributed by atoms with Crippen molar-refractivity contribution in [1.82, 2.24) is 15.1 Å². The number of hydrogen-bond acceptors (Lipinski definition) is 5. The molecule has 2 saturated heterocycles. The predicted molar refractivity (Wildman–Crippen MR) is 156 cm³/mol. The van der Waals surface area contributed by atoms with Gasteiger partial charge in [0.15, 0.2) is 0 Å². The fourth-order valence-corrected chi connectivity index (χ4v) is 6.44. The van der Waals surface area contributed by atoms with Gasteiger partial charge in [-0.25, -0.2) is 4.79 Å². The van der Waals surface area contributed by atoms with Crippen LogP contribution in [0.25, 0.3) is 0 Å². The van der Waals surface area contributed by atoms with E-state index >= 15 is 0 Å². The first-order valence-electron chi connectivity index (χ1n) is 15.5. The summed E-state index contributed by atoms with van der Waals surface area (Å²) >= 11 is 0. The number of ether oxygens (including phenoxy) is 2. The van der Waals surface area contributed by atoms with Gasteiger partial charge in [-0.3, -0.25) is 4.79 Å². The Morgan fingerprint density at radius 2 is 1.80 bits per heavy atom. The summed E-state index contributed by atoms with van der Waals surface area (Å²) in [5, 5.41) is 14.4. The molecule has 3 amide bonds. The van der Waals surface area contributed by atoms with Gasteiger partial charge < -0.3 is 29.7 Å². The van der Waals surface area contributed by atoms with Crippen molar-refractivity contribution in [3.63, 3.8) is 0 Å². The van der Waals surface area contributed by atoms with E-state index in [-0.39, 0.29) is 23.8 Å². The van der Waals surface area contributed by atoms with Crippen molar-refractivity contribution in [2.75, 3.05) is 46.5 Å². The first kappa shape index (κ1) is 30.6. The lowest BCUT2D eigenvalue weighted by molar-refractivity contribution is -0.136. The molecule has 0 unspecified atom stereocenters. The average Bonchev–Trinajstić information content (AvgIpc) is 2.96. The third-order valence-electron chi connectivity index (χ3n) is 9.36. The molecule has 2 heterocycles. The normalized spacial score (nSPS) is 27.1. The zero-order chi connectivity index (χ0) is 28.5. The van der Waals surface area contributed by atoms with Crippen LogP contribution in [0.1, 0.15) is 77.2 Å². The molecule has 224 valence electrons. The van der Waals surface area contributed by atoms with Crippen LogP contribution in [-0.4, -0.2) is 85.5 Å². The number of β-amino-alcohol motifs (C(OH)–C–C–N with tert-alkyl or cyclic N) is 1. The summed E-state index contributed by atoms with van der Waals surface area (Å²) in [6.45, 7) is 7.30. The highest BCUT2D eigenvalue weighted by Crippen LogP contribution is 2.32. The Kier molecular flexibility index (Phi) is 11.1. The Bertz CT molecular complexity index is 946. The Hall–Kier alpha value is -2.32. The molecule has 0 radical (unpaired) electrons. The molecular weight excluding hydrogens is 506 g/mol. The second kappa shape index (κ2) is 14.5. The van der Waals surface area contributed by atoms with Crippen LogP contribution in [0, 0.1) is 17.3 Å². The van der Waals surface area contributed by atoms with Gasteiger partial charge in [-0.15, -0.1) is 0 Å². The smallest absolute Gasteiger partial charge is 0.317 e. The first-order chi connectivity index (χ1) is 19.2. The molecule has 3 atom stereocenters.